The van der Waals surface area contributed by atoms with Gasteiger partial charge < -0.3 is 11.1 Å². The summed E-state index contributed by atoms with van der Waals surface area (Å²) >= 11 is 0. The van der Waals surface area contributed by atoms with Gasteiger partial charge in [-0.1, -0.05) is 26.8 Å². The van der Waals surface area contributed by atoms with Gasteiger partial charge in [0.15, 0.2) is 0 Å². The van der Waals surface area contributed by atoms with E-state index in [9.17, 15) is 4.79 Å². The quantitative estimate of drug-likeness (QED) is 0.868. The number of rotatable bonds is 5. The number of hydrogen-bond acceptors (Lipinski definition) is 3. The first-order valence-electron chi connectivity index (χ1n) is 6.82. The molecular formula is C15H27Cl2N3O. The smallest absolute Gasteiger partial charge is 0.224 e. The van der Waals surface area contributed by atoms with Gasteiger partial charge in [0.05, 0.1) is 11.7 Å². The van der Waals surface area contributed by atoms with Gasteiger partial charge in [-0.25, -0.2) is 0 Å². The Hall–Kier alpha value is -0.840. The highest BCUT2D eigenvalue weighted by atomic mass is 35.5. The van der Waals surface area contributed by atoms with Gasteiger partial charge >= 0.3 is 0 Å². The largest absolute Gasteiger partial charge is 0.347 e. The number of carbonyl (C=O) groups excluding carboxylic acids is 1. The molecule has 6 heteroatoms. The fraction of sp³-hybridized carbons (Fsp3) is 0.600. The minimum Gasteiger partial charge on any atom is -0.347 e. The number of halogens is 2. The molecule has 0 aliphatic carbocycles. The summed E-state index contributed by atoms with van der Waals surface area (Å²) in [6, 6.07) is 3.69. The van der Waals surface area contributed by atoms with Crippen LogP contribution in [-0.4, -0.2) is 16.9 Å². The summed E-state index contributed by atoms with van der Waals surface area (Å²) < 4.78 is 0. The van der Waals surface area contributed by atoms with Crippen LogP contribution in [0.4, 0.5) is 0 Å². The molecule has 0 aromatic carbocycles. The Morgan fingerprint density at radius 3 is 2.24 bits per heavy atom. The van der Waals surface area contributed by atoms with Crippen LogP contribution in [0.25, 0.3) is 0 Å². The maximum Gasteiger partial charge on any atom is 0.224 e. The van der Waals surface area contributed by atoms with Crippen molar-refractivity contribution in [3.8, 4) is 0 Å². The monoisotopic (exact) mass is 335 g/mol. The average molecular weight is 336 g/mol. The minimum atomic E-state index is -0.203. The highest BCUT2D eigenvalue weighted by Gasteiger charge is 2.25. The van der Waals surface area contributed by atoms with Crippen molar-refractivity contribution in [3.63, 3.8) is 0 Å². The molecular weight excluding hydrogens is 309 g/mol. The first-order valence-corrected chi connectivity index (χ1v) is 6.82. The Balaban J connectivity index is 0. The molecule has 122 valence electrons. The predicted octanol–water partition coefficient (Wildman–Crippen LogP) is 3.03. The standard InChI is InChI=1S/C15H25N3O.2ClH/c1-9(2)13(14-10(3)7-6-8-17-14)18-15(19)11(4)12(5)16;;/h6-9,11-13H,16H2,1-5H3,(H,18,19);2*1H. The molecule has 0 spiro atoms. The molecule has 0 radical (unpaired) electrons. The van der Waals surface area contributed by atoms with E-state index in [4.69, 9.17) is 5.73 Å². The van der Waals surface area contributed by atoms with Gasteiger partial charge in [0.1, 0.15) is 0 Å². The van der Waals surface area contributed by atoms with E-state index in [0.717, 1.165) is 11.3 Å². The highest BCUT2D eigenvalue weighted by molar-refractivity contribution is 5.85. The number of carbonyl (C=O) groups is 1. The zero-order valence-corrected chi connectivity index (χ0v) is 14.9. The van der Waals surface area contributed by atoms with E-state index in [-0.39, 0.29) is 54.6 Å². The van der Waals surface area contributed by atoms with Crippen LogP contribution in [0, 0.1) is 18.8 Å². The normalized spacial score (nSPS) is 14.4. The fourth-order valence-corrected chi connectivity index (χ4v) is 1.90. The molecule has 0 aliphatic heterocycles. The summed E-state index contributed by atoms with van der Waals surface area (Å²) in [5, 5.41) is 3.07. The Labute approximate surface area is 140 Å². The first-order chi connectivity index (χ1) is 8.84. The van der Waals surface area contributed by atoms with Crippen LogP contribution in [0.1, 0.15) is 45.0 Å². The topological polar surface area (TPSA) is 68.0 Å². The van der Waals surface area contributed by atoms with Crippen molar-refractivity contribution < 1.29 is 4.79 Å². The van der Waals surface area contributed by atoms with Gasteiger partial charge in [-0.2, -0.15) is 0 Å². The van der Waals surface area contributed by atoms with Crippen LogP contribution >= 0.6 is 24.8 Å². The summed E-state index contributed by atoms with van der Waals surface area (Å²) in [6.45, 7) is 9.87. The van der Waals surface area contributed by atoms with E-state index >= 15 is 0 Å². The first kappa shape index (κ1) is 22.4. The lowest BCUT2D eigenvalue weighted by Gasteiger charge is -2.26. The van der Waals surface area contributed by atoms with Gasteiger partial charge in [-0.15, -0.1) is 24.8 Å². The van der Waals surface area contributed by atoms with E-state index in [1.54, 1.807) is 6.20 Å². The van der Waals surface area contributed by atoms with E-state index in [1.807, 2.05) is 32.9 Å². The van der Waals surface area contributed by atoms with Gasteiger partial charge in [0.25, 0.3) is 0 Å². The van der Waals surface area contributed by atoms with E-state index in [0.29, 0.717) is 0 Å². The molecule has 1 aromatic rings. The van der Waals surface area contributed by atoms with Crippen molar-refractivity contribution in [2.75, 3.05) is 0 Å². The van der Waals surface area contributed by atoms with Crippen molar-refractivity contribution in [1.29, 1.82) is 0 Å². The van der Waals surface area contributed by atoms with E-state index in [1.165, 1.54) is 0 Å². The van der Waals surface area contributed by atoms with Crippen LogP contribution < -0.4 is 11.1 Å². The molecule has 3 N–H and O–H groups in total. The summed E-state index contributed by atoms with van der Waals surface area (Å²) in [4.78, 5) is 16.6. The molecule has 3 unspecified atom stereocenters. The number of aromatic nitrogens is 1. The second-order valence-electron chi connectivity index (χ2n) is 5.58. The third kappa shape index (κ3) is 6.20. The molecule has 1 amide bonds. The number of nitrogens with two attached hydrogens (primary N) is 1. The summed E-state index contributed by atoms with van der Waals surface area (Å²) in [6.07, 6.45) is 1.76. The molecule has 0 saturated heterocycles. The molecule has 1 rings (SSSR count). The van der Waals surface area contributed by atoms with Crippen molar-refractivity contribution in [2.24, 2.45) is 17.6 Å². The number of amides is 1. The van der Waals surface area contributed by atoms with Crippen LogP contribution in [0.15, 0.2) is 18.3 Å². The minimum absolute atomic E-state index is 0. The van der Waals surface area contributed by atoms with Crippen molar-refractivity contribution >= 4 is 30.7 Å². The molecule has 0 fully saturated rings. The van der Waals surface area contributed by atoms with Crippen molar-refractivity contribution in [3.05, 3.63) is 29.6 Å². The van der Waals surface area contributed by atoms with Gasteiger partial charge in [-0.05, 0) is 31.4 Å². The van der Waals surface area contributed by atoms with Crippen LogP contribution in [0.5, 0.6) is 0 Å². The molecule has 4 nitrogen and oxygen atoms in total. The van der Waals surface area contributed by atoms with Crippen LogP contribution in [0.2, 0.25) is 0 Å². The number of nitrogens with zero attached hydrogens (tertiary/aromatic N) is 1. The van der Waals surface area contributed by atoms with Gasteiger partial charge in [-0.3, -0.25) is 9.78 Å². The molecule has 1 heterocycles. The highest BCUT2D eigenvalue weighted by Crippen LogP contribution is 2.23. The van der Waals surface area contributed by atoms with Crippen molar-refractivity contribution in [2.45, 2.75) is 46.7 Å². The predicted molar refractivity (Wildman–Crippen MR) is 92.0 cm³/mol. The Morgan fingerprint density at radius 1 is 1.24 bits per heavy atom. The van der Waals surface area contributed by atoms with E-state index < -0.39 is 0 Å². The van der Waals surface area contributed by atoms with Crippen LogP contribution in [-0.2, 0) is 4.79 Å². The zero-order valence-electron chi connectivity index (χ0n) is 13.3. The molecule has 21 heavy (non-hydrogen) atoms. The Bertz CT molecular complexity index is 439. The molecule has 1 aromatic heterocycles. The lowest BCUT2D eigenvalue weighted by Crippen LogP contribution is -2.41. The van der Waals surface area contributed by atoms with Crippen LogP contribution in [0.3, 0.4) is 0 Å². The second kappa shape index (κ2) is 9.98. The maximum atomic E-state index is 12.2. The molecule has 0 aliphatic rings. The number of aryl methyl sites for hydroxylation is 1. The Morgan fingerprint density at radius 2 is 1.81 bits per heavy atom. The number of nitrogens with one attached hydrogen (secondary N) is 1. The maximum absolute atomic E-state index is 12.2. The van der Waals surface area contributed by atoms with Gasteiger partial charge in [0.2, 0.25) is 5.91 Å². The average Bonchev–Trinajstić information content (AvgIpc) is 2.35. The number of hydrogen-bond donors (Lipinski definition) is 2. The second-order valence-corrected chi connectivity index (χ2v) is 5.58. The number of pyridine rings is 1. The van der Waals surface area contributed by atoms with E-state index in [2.05, 4.69) is 24.1 Å². The molecule has 3 atom stereocenters. The fourth-order valence-electron chi connectivity index (χ4n) is 1.90. The third-order valence-corrected chi connectivity index (χ3v) is 3.51. The SMILES string of the molecule is Cc1cccnc1C(NC(=O)C(C)C(C)N)C(C)C.Cl.Cl. The molecule has 0 saturated carbocycles. The van der Waals surface area contributed by atoms with Crippen molar-refractivity contribution in [1.82, 2.24) is 10.3 Å². The van der Waals surface area contributed by atoms with Gasteiger partial charge in [0, 0.05) is 18.2 Å². The summed E-state index contributed by atoms with van der Waals surface area (Å²) in [5.74, 6) is 0.0573. The molecule has 0 bridgehead atoms. The third-order valence-electron chi connectivity index (χ3n) is 3.51. The summed E-state index contributed by atoms with van der Waals surface area (Å²) in [7, 11) is 0. The summed E-state index contributed by atoms with van der Waals surface area (Å²) in [5.41, 5.74) is 7.81. The lowest BCUT2D eigenvalue weighted by molar-refractivity contribution is -0.126. The lowest BCUT2D eigenvalue weighted by atomic mass is 9.95. The Kier molecular flexibility index (Phi) is 10.7. The zero-order chi connectivity index (χ0) is 14.6.